The first-order chi connectivity index (χ1) is 8.86. The van der Waals surface area contributed by atoms with Gasteiger partial charge in [0.15, 0.2) is 6.29 Å². The molecule has 0 atom stereocenters. The standard InChI is InChI=1S/C14H16BNO3/c1-13(2)14(3,4)19-15(18-13)11-7-8-12(16-10-11)6-5-9-17/h7-10H,1-4H3. The summed E-state index contributed by atoms with van der Waals surface area (Å²) in [7, 11) is -0.425. The Bertz CT molecular complexity index is 524. The molecule has 0 N–H and O–H groups in total. The number of nitrogens with zero attached hydrogens (tertiary/aromatic N) is 1. The monoisotopic (exact) mass is 257 g/mol. The van der Waals surface area contributed by atoms with Crippen molar-refractivity contribution in [1.29, 1.82) is 0 Å². The second kappa shape index (κ2) is 4.80. The first-order valence-corrected chi connectivity index (χ1v) is 6.12. The van der Waals surface area contributed by atoms with E-state index in [0.29, 0.717) is 12.0 Å². The van der Waals surface area contributed by atoms with Crippen LogP contribution in [0.15, 0.2) is 18.3 Å². The summed E-state index contributed by atoms with van der Waals surface area (Å²) in [5.41, 5.74) is 0.657. The van der Waals surface area contributed by atoms with Crippen LogP contribution in [0.2, 0.25) is 0 Å². The highest BCUT2D eigenvalue weighted by atomic mass is 16.7. The van der Waals surface area contributed by atoms with E-state index < -0.39 is 7.12 Å². The summed E-state index contributed by atoms with van der Waals surface area (Å²) in [4.78, 5) is 14.3. The van der Waals surface area contributed by atoms with Gasteiger partial charge in [-0.3, -0.25) is 4.79 Å². The summed E-state index contributed by atoms with van der Waals surface area (Å²) in [5.74, 6) is 4.96. The number of carbonyl (C=O) groups excluding carboxylic acids is 1. The van der Waals surface area contributed by atoms with E-state index in [1.54, 1.807) is 12.3 Å². The molecule has 1 aliphatic heterocycles. The molecule has 1 fully saturated rings. The molecule has 1 aromatic rings. The summed E-state index contributed by atoms with van der Waals surface area (Å²) in [6.45, 7) is 8.02. The lowest BCUT2D eigenvalue weighted by Gasteiger charge is -2.32. The minimum Gasteiger partial charge on any atom is -0.399 e. The number of aldehydes is 1. The molecule has 0 bridgehead atoms. The van der Waals surface area contributed by atoms with Crippen molar-refractivity contribution in [2.24, 2.45) is 0 Å². The van der Waals surface area contributed by atoms with Crippen molar-refractivity contribution in [1.82, 2.24) is 4.98 Å². The van der Waals surface area contributed by atoms with Gasteiger partial charge in [0.1, 0.15) is 5.69 Å². The van der Waals surface area contributed by atoms with E-state index >= 15 is 0 Å². The van der Waals surface area contributed by atoms with E-state index in [2.05, 4.69) is 16.8 Å². The number of carbonyl (C=O) groups is 1. The molecule has 98 valence electrons. The molecule has 0 radical (unpaired) electrons. The summed E-state index contributed by atoms with van der Waals surface area (Å²) < 4.78 is 11.8. The Kier molecular flexibility index (Phi) is 3.48. The van der Waals surface area contributed by atoms with Crippen LogP contribution in [0.5, 0.6) is 0 Å². The molecule has 1 aromatic heterocycles. The fourth-order valence-electron chi connectivity index (χ4n) is 1.70. The maximum Gasteiger partial charge on any atom is 0.496 e. The SMILES string of the molecule is CC1(C)OB(c2ccc(C#CC=O)nc2)OC1(C)C. The highest BCUT2D eigenvalue weighted by molar-refractivity contribution is 6.62. The van der Waals surface area contributed by atoms with E-state index in [0.717, 1.165) is 5.46 Å². The molecule has 1 saturated heterocycles. The Morgan fingerprint density at radius 3 is 2.32 bits per heavy atom. The molecule has 4 nitrogen and oxygen atoms in total. The number of hydrogen-bond donors (Lipinski definition) is 0. The van der Waals surface area contributed by atoms with Crippen LogP contribution in [0.1, 0.15) is 33.4 Å². The second-order valence-corrected chi connectivity index (χ2v) is 5.45. The van der Waals surface area contributed by atoms with Crippen molar-refractivity contribution in [3.8, 4) is 11.8 Å². The zero-order valence-electron chi connectivity index (χ0n) is 11.6. The van der Waals surface area contributed by atoms with E-state index in [4.69, 9.17) is 9.31 Å². The lowest BCUT2D eigenvalue weighted by atomic mass is 9.80. The molecule has 0 aliphatic carbocycles. The molecule has 2 rings (SSSR count). The van der Waals surface area contributed by atoms with Gasteiger partial charge in [-0.05, 0) is 45.6 Å². The summed E-state index contributed by atoms with van der Waals surface area (Å²) in [6.07, 6.45) is 2.21. The zero-order valence-corrected chi connectivity index (χ0v) is 11.6. The maximum absolute atomic E-state index is 10.2. The number of hydrogen-bond acceptors (Lipinski definition) is 4. The van der Waals surface area contributed by atoms with Gasteiger partial charge in [0.05, 0.1) is 11.2 Å². The van der Waals surface area contributed by atoms with Crippen molar-refractivity contribution >= 4 is 18.9 Å². The summed E-state index contributed by atoms with van der Waals surface area (Å²) in [6, 6.07) is 3.60. The highest BCUT2D eigenvalue weighted by Crippen LogP contribution is 2.36. The van der Waals surface area contributed by atoms with Crippen LogP contribution in [0, 0.1) is 11.8 Å². The molecule has 0 unspecified atom stereocenters. The molecule has 0 spiro atoms. The molecule has 0 saturated carbocycles. The number of aromatic nitrogens is 1. The van der Waals surface area contributed by atoms with Crippen LogP contribution in [0.4, 0.5) is 0 Å². The van der Waals surface area contributed by atoms with Crippen molar-refractivity contribution in [2.45, 2.75) is 38.9 Å². The van der Waals surface area contributed by atoms with E-state index in [1.807, 2.05) is 33.8 Å². The van der Waals surface area contributed by atoms with Gasteiger partial charge in [-0.25, -0.2) is 4.98 Å². The predicted molar refractivity (Wildman–Crippen MR) is 72.9 cm³/mol. The second-order valence-electron chi connectivity index (χ2n) is 5.45. The molecule has 1 aliphatic rings. The average molecular weight is 257 g/mol. The van der Waals surface area contributed by atoms with Gasteiger partial charge in [-0.15, -0.1) is 0 Å². The maximum atomic E-state index is 10.2. The molecule has 0 aromatic carbocycles. The lowest BCUT2D eigenvalue weighted by Crippen LogP contribution is -2.41. The third-order valence-electron chi connectivity index (χ3n) is 3.57. The topological polar surface area (TPSA) is 48.4 Å². The van der Waals surface area contributed by atoms with Crippen LogP contribution in [-0.4, -0.2) is 29.6 Å². The van der Waals surface area contributed by atoms with Gasteiger partial charge in [0, 0.05) is 11.7 Å². The Labute approximate surface area is 113 Å². The smallest absolute Gasteiger partial charge is 0.399 e. The third-order valence-corrected chi connectivity index (χ3v) is 3.57. The van der Waals surface area contributed by atoms with Crippen LogP contribution >= 0.6 is 0 Å². The van der Waals surface area contributed by atoms with Crippen LogP contribution in [0.3, 0.4) is 0 Å². The van der Waals surface area contributed by atoms with Crippen LogP contribution in [0.25, 0.3) is 0 Å². The van der Waals surface area contributed by atoms with Gasteiger partial charge < -0.3 is 9.31 Å². The highest BCUT2D eigenvalue weighted by Gasteiger charge is 2.51. The summed E-state index contributed by atoms with van der Waals surface area (Å²) >= 11 is 0. The first kappa shape index (κ1) is 13.8. The Morgan fingerprint density at radius 2 is 1.84 bits per heavy atom. The first-order valence-electron chi connectivity index (χ1n) is 6.12. The Morgan fingerprint density at radius 1 is 1.21 bits per heavy atom. The lowest BCUT2D eigenvalue weighted by molar-refractivity contribution is -0.103. The largest absolute Gasteiger partial charge is 0.496 e. The van der Waals surface area contributed by atoms with E-state index in [9.17, 15) is 4.79 Å². The molecule has 0 amide bonds. The van der Waals surface area contributed by atoms with Gasteiger partial charge in [0.2, 0.25) is 0 Å². The van der Waals surface area contributed by atoms with E-state index in [-0.39, 0.29) is 11.2 Å². The number of rotatable bonds is 1. The predicted octanol–water partition coefficient (Wildman–Crippen LogP) is 0.931. The van der Waals surface area contributed by atoms with Crippen LogP contribution < -0.4 is 5.46 Å². The molecular weight excluding hydrogens is 241 g/mol. The fourth-order valence-corrected chi connectivity index (χ4v) is 1.70. The fraction of sp³-hybridized carbons (Fsp3) is 0.429. The van der Waals surface area contributed by atoms with Crippen molar-refractivity contribution in [3.63, 3.8) is 0 Å². The van der Waals surface area contributed by atoms with Crippen molar-refractivity contribution < 1.29 is 14.1 Å². The summed E-state index contributed by atoms with van der Waals surface area (Å²) in [5, 5.41) is 0. The minimum atomic E-state index is -0.425. The van der Waals surface area contributed by atoms with Gasteiger partial charge in [-0.1, -0.05) is 6.07 Å². The molecular formula is C14H16BNO3. The van der Waals surface area contributed by atoms with Gasteiger partial charge in [0.25, 0.3) is 0 Å². The average Bonchev–Trinajstić information content (AvgIpc) is 2.56. The molecule has 19 heavy (non-hydrogen) atoms. The molecule has 5 heteroatoms. The van der Waals surface area contributed by atoms with Crippen molar-refractivity contribution in [3.05, 3.63) is 24.0 Å². The Balaban J connectivity index is 2.19. The van der Waals surface area contributed by atoms with Gasteiger partial charge >= 0.3 is 7.12 Å². The zero-order chi connectivity index (χ0) is 14.1. The van der Waals surface area contributed by atoms with E-state index in [1.165, 1.54) is 0 Å². The normalized spacial score (nSPS) is 19.7. The van der Waals surface area contributed by atoms with Crippen LogP contribution in [-0.2, 0) is 14.1 Å². The number of pyridine rings is 1. The Hall–Kier alpha value is -1.64. The van der Waals surface area contributed by atoms with Crippen molar-refractivity contribution in [2.75, 3.05) is 0 Å². The molecule has 2 heterocycles. The minimum absolute atomic E-state index is 0.367. The van der Waals surface area contributed by atoms with Gasteiger partial charge in [-0.2, -0.15) is 0 Å². The quantitative estimate of drug-likeness (QED) is 0.426. The third kappa shape index (κ3) is 2.70.